The van der Waals surface area contributed by atoms with Crippen molar-refractivity contribution in [2.45, 2.75) is 50.1 Å². The summed E-state index contributed by atoms with van der Waals surface area (Å²) in [5.41, 5.74) is -0.337. The topological polar surface area (TPSA) is 119 Å². The van der Waals surface area contributed by atoms with Crippen LogP contribution in [-0.4, -0.2) is 47.4 Å². The summed E-state index contributed by atoms with van der Waals surface area (Å²) < 4.78 is 33.9. The van der Waals surface area contributed by atoms with Crippen LogP contribution in [0.2, 0.25) is 0 Å². The minimum absolute atomic E-state index is 0.0301. The molecule has 2 heterocycles. The third-order valence-corrected chi connectivity index (χ3v) is 8.08. The molecule has 1 saturated heterocycles. The van der Waals surface area contributed by atoms with Crippen molar-refractivity contribution >= 4 is 26.9 Å². The minimum atomic E-state index is -3.71. The zero-order valence-electron chi connectivity index (χ0n) is 18.9. The Kier molecular flexibility index (Phi) is 6.99. The molecule has 2 aromatic carbocycles. The van der Waals surface area contributed by atoms with Crippen LogP contribution >= 0.6 is 0 Å². The molecule has 0 spiro atoms. The highest BCUT2D eigenvalue weighted by Gasteiger charge is 2.31. The van der Waals surface area contributed by atoms with Gasteiger partial charge in [-0.05, 0) is 56.5 Å². The Morgan fingerprint density at radius 1 is 1.12 bits per heavy atom. The molecule has 1 fully saturated rings. The lowest BCUT2D eigenvalue weighted by Crippen LogP contribution is -2.41. The number of aromatic nitrogens is 2. The van der Waals surface area contributed by atoms with E-state index < -0.39 is 27.2 Å². The molecule has 1 aliphatic heterocycles. The highest BCUT2D eigenvalue weighted by atomic mass is 32.2. The molecule has 4 rings (SSSR count). The number of aromatic amines is 1. The number of hydrogen-bond donors (Lipinski definition) is 1. The van der Waals surface area contributed by atoms with E-state index in [0.717, 1.165) is 23.8 Å². The summed E-state index contributed by atoms with van der Waals surface area (Å²) >= 11 is 0. The first-order chi connectivity index (χ1) is 16.3. The monoisotopic (exact) mass is 485 g/mol. The van der Waals surface area contributed by atoms with E-state index in [1.54, 1.807) is 24.3 Å². The molecule has 1 aliphatic rings. The molecule has 0 radical (unpaired) electrons. The summed E-state index contributed by atoms with van der Waals surface area (Å²) in [5, 5.41) is 0.403. The third kappa shape index (κ3) is 4.83. The zero-order valence-corrected chi connectivity index (χ0v) is 19.7. The Morgan fingerprint density at radius 3 is 2.71 bits per heavy atom. The number of piperidine rings is 1. The maximum Gasteiger partial charge on any atom is 0.338 e. The van der Waals surface area contributed by atoms with Gasteiger partial charge in [0.15, 0.2) is 0 Å². The van der Waals surface area contributed by atoms with E-state index in [-0.39, 0.29) is 36.1 Å². The lowest BCUT2D eigenvalue weighted by atomic mass is 10.1. The number of rotatable bonds is 7. The second-order valence-corrected chi connectivity index (χ2v) is 10.3. The average molecular weight is 486 g/mol. The summed E-state index contributed by atoms with van der Waals surface area (Å²) in [6, 6.07) is 12.5. The Morgan fingerprint density at radius 2 is 1.91 bits per heavy atom. The van der Waals surface area contributed by atoms with Crippen molar-refractivity contribution in [1.29, 1.82) is 0 Å². The van der Waals surface area contributed by atoms with Crippen LogP contribution in [0.4, 0.5) is 0 Å². The Balaban J connectivity index is 1.40. The summed E-state index contributed by atoms with van der Waals surface area (Å²) in [5.74, 6) is -0.663. The van der Waals surface area contributed by atoms with E-state index in [1.807, 2.05) is 6.92 Å². The molecule has 0 unspecified atom stereocenters. The van der Waals surface area contributed by atoms with Crippen LogP contribution in [0.15, 0.2) is 63.0 Å². The van der Waals surface area contributed by atoms with Gasteiger partial charge in [-0.25, -0.2) is 18.0 Å². The van der Waals surface area contributed by atoms with Crippen molar-refractivity contribution in [3.8, 4) is 0 Å². The van der Waals surface area contributed by atoms with Gasteiger partial charge in [-0.15, -0.1) is 0 Å². The molecule has 0 bridgehead atoms. The summed E-state index contributed by atoms with van der Waals surface area (Å²) in [6.07, 6.45) is 2.87. The number of sulfonamides is 1. The van der Waals surface area contributed by atoms with Gasteiger partial charge in [-0.2, -0.15) is 4.31 Å². The first-order valence-corrected chi connectivity index (χ1v) is 12.7. The predicted octanol–water partition coefficient (Wildman–Crippen LogP) is 2.50. The van der Waals surface area contributed by atoms with E-state index in [0.29, 0.717) is 17.4 Å². The van der Waals surface area contributed by atoms with Gasteiger partial charge < -0.3 is 9.72 Å². The van der Waals surface area contributed by atoms with Crippen molar-refractivity contribution in [2.24, 2.45) is 0 Å². The van der Waals surface area contributed by atoms with Crippen LogP contribution in [-0.2, 0) is 21.3 Å². The summed E-state index contributed by atoms with van der Waals surface area (Å²) in [7, 11) is -3.71. The number of carbonyl (C=O) groups is 1. The van der Waals surface area contributed by atoms with Crippen molar-refractivity contribution < 1.29 is 17.9 Å². The Hall–Kier alpha value is -3.24. The molecule has 10 heteroatoms. The van der Waals surface area contributed by atoms with Crippen LogP contribution in [0, 0.1) is 0 Å². The number of esters is 1. The number of nitrogens with zero attached hydrogens (tertiary/aromatic N) is 2. The van der Waals surface area contributed by atoms with E-state index >= 15 is 0 Å². The normalized spacial score (nSPS) is 17.0. The number of H-pyrrole nitrogens is 1. The van der Waals surface area contributed by atoms with Crippen molar-refractivity contribution in [3.63, 3.8) is 0 Å². The average Bonchev–Trinajstić information content (AvgIpc) is 2.83. The van der Waals surface area contributed by atoms with Crippen LogP contribution in [0.5, 0.6) is 0 Å². The van der Waals surface area contributed by atoms with E-state index in [9.17, 15) is 22.8 Å². The van der Waals surface area contributed by atoms with Crippen molar-refractivity contribution in [1.82, 2.24) is 13.9 Å². The van der Waals surface area contributed by atoms with Crippen LogP contribution in [0.25, 0.3) is 10.9 Å². The van der Waals surface area contributed by atoms with Gasteiger partial charge in [-0.3, -0.25) is 9.36 Å². The SMILES string of the molecule is C[C@H]1CCCCN1S(=O)(=O)c1cccc(C(=O)OCCCn2c(=O)[nH]c3ccccc3c2=O)c1. The largest absolute Gasteiger partial charge is 0.462 e. The van der Waals surface area contributed by atoms with Gasteiger partial charge in [-0.1, -0.05) is 24.6 Å². The fourth-order valence-corrected chi connectivity index (χ4v) is 5.97. The first kappa shape index (κ1) is 23.9. The van der Waals surface area contributed by atoms with Crippen molar-refractivity contribution in [3.05, 3.63) is 74.9 Å². The molecule has 0 aliphatic carbocycles. The molecule has 180 valence electrons. The van der Waals surface area contributed by atoms with Gasteiger partial charge in [0.05, 0.1) is 28.0 Å². The summed E-state index contributed by atoms with van der Waals surface area (Å²) in [6.45, 7) is 2.40. The van der Waals surface area contributed by atoms with E-state index in [2.05, 4.69) is 4.98 Å². The lowest BCUT2D eigenvalue weighted by molar-refractivity contribution is 0.0495. The molecule has 1 N–H and O–H groups in total. The molecule has 3 aromatic rings. The molecule has 0 saturated carbocycles. The minimum Gasteiger partial charge on any atom is -0.462 e. The van der Waals surface area contributed by atoms with Gasteiger partial charge in [0, 0.05) is 19.1 Å². The number of hydrogen-bond acceptors (Lipinski definition) is 6. The fraction of sp³-hybridized carbons (Fsp3) is 0.375. The van der Waals surface area contributed by atoms with Gasteiger partial charge in [0.2, 0.25) is 10.0 Å². The van der Waals surface area contributed by atoms with Gasteiger partial charge in [0.1, 0.15) is 0 Å². The number of para-hydroxylation sites is 1. The number of fused-ring (bicyclic) bond motifs is 1. The maximum atomic E-state index is 13.1. The number of benzene rings is 2. The fourth-order valence-electron chi connectivity index (χ4n) is 4.22. The Labute approximate surface area is 197 Å². The van der Waals surface area contributed by atoms with Crippen LogP contribution in [0.3, 0.4) is 0 Å². The molecule has 0 amide bonds. The summed E-state index contributed by atoms with van der Waals surface area (Å²) in [4.78, 5) is 40.0. The van der Waals surface area contributed by atoms with Gasteiger partial charge in [0.25, 0.3) is 5.56 Å². The second kappa shape index (κ2) is 9.94. The lowest BCUT2D eigenvalue weighted by Gasteiger charge is -2.32. The maximum absolute atomic E-state index is 13.1. The Bertz CT molecular complexity index is 1430. The quantitative estimate of drug-likeness (QED) is 0.406. The predicted molar refractivity (Wildman–Crippen MR) is 127 cm³/mol. The molecule has 1 aromatic heterocycles. The zero-order chi connectivity index (χ0) is 24.3. The van der Waals surface area contributed by atoms with Crippen molar-refractivity contribution in [2.75, 3.05) is 13.2 Å². The smallest absolute Gasteiger partial charge is 0.338 e. The third-order valence-electron chi connectivity index (χ3n) is 6.07. The molecule has 34 heavy (non-hydrogen) atoms. The molecule has 9 nitrogen and oxygen atoms in total. The molecule has 1 atom stereocenters. The molecular weight excluding hydrogens is 458 g/mol. The number of ether oxygens (including phenoxy) is 1. The highest BCUT2D eigenvalue weighted by molar-refractivity contribution is 7.89. The molecular formula is C24H27N3O6S. The second-order valence-electron chi connectivity index (χ2n) is 8.41. The van der Waals surface area contributed by atoms with Gasteiger partial charge >= 0.3 is 11.7 Å². The highest BCUT2D eigenvalue weighted by Crippen LogP contribution is 2.25. The van der Waals surface area contributed by atoms with E-state index in [1.165, 1.54) is 28.6 Å². The number of nitrogens with one attached hydrogen (secondary N) is 1. The first-order valence-electron chi connectivity index (χ1n) is 11.3. The van der Waals surface area contributed by atoms with E-state index in [4.69, 9.17) is 4.74 Å². The van der Waals surface area contributed by atoms with Crippen LogP contribution < -0.4 is 11.2 Å². The van der Waals surface area contributed by atoms with Crippen LogP contribution in [0.1, 0.15) is 43.0 Å². The number of carbonyl (C=O) groups excluding carboxylic acids is 1. The standard InChI is InChI=1S/C24H27N3O6S/c1-17-8-4-5-14-27(17)34(31,32)19-10-6-9-18(16-19)23(29)33-15-7-13-26-22(28)20-11-2-3-12-21(20)25-24(26)30/h2-3,6,9-12,16-17H,4-5,7-8,13-15H2,1H3,(H,25,30)/t17-/m0/s1.